The molecule has 0 saturated carbocycles. The number of hydrogen-bond donors (Lipinski definition) is 0. The van der Waals surface area contributed by atoms with Gasteiger partial charge in [-0.05, 0) is 44.9 Å². The summed E-state index contributed by atoms with van der Waals surface area (Å²) < 4.78 is 16.8. The number of carbonyl (C=O) groups excluding carboxylic acids is 3. The molecule has 382 valence electrons. The maximum Gasteiger partial charge on any atom is 0.306 e. The van der Waals surface area contributed by atoms with Gasteiger partial charge < -0.3 is 14.2 Å². The molecule has 0 aromatic rings. The van der Waals surface area contributed by atoms with Gasteiger partial charge in [-0.15, -0.1) is 0 Å². The van der Waals surface area contributed by atoms with Gasteiger partial charge in [0.05, 0.1) is 0 Å². The van der Waals surface area contributed by atoms with Gasteiger partial charge in [0.15, 0.2) is 6.10 Å². The lowest BCUT2D eigenvalue weighted by molar-refractivity contribution is -0.167. The maximum atomic E-state index is 12.8. The second kappa shape index (κ2) is 54.5. The molecule has 0 rings (SSSR count). The van der Waals surface area contributed by atoms with Crippen molar-refractivity contribution in [2.24, 2.45) is 0 Å². The molecule has 0 bridgehead atoms. The third kappa shape index (κ3) is 52.7. The first-order valence-corrected chi connectivity index (χ1v) is 28.8. The topological polar surface area (TPSA) is 78.9 Å². The molecule has 6 nitrogen and oxygen atoms in total. The molecular weight excluding hydrogens is 805 g/mol. The van der Waals surface area contributed by atoms with Gasteiger partial charge >= 0.3 is 17.9 Å². The van der Waals surface area contributed by atoms with Crippen molar-refractivity contribution in [1.29, 1.82) is 0 Å². The summed E-state index contributed by atoms with van der Waals surface area (Å²) in [6, 6.07) is 0. The summed E-state index contributed by atoms with van der Waals surface area (Å²) in [5.74, 6) is -0.866. The number of carbonyl (C=O) groups is 3. The molecule has 0 aliphatic carbocycles. The second-order valence-electron chi connectivity index (χ2n) is 19.6. The van der Waals surface area contributed by atoms with Crippen LogP contribution in [-0.4, -0.2) is 37.2 Å². The minimum atomic E-state index is -0.773. The van der Waals surface area contributed by atoms with E-state index in [9.17, 15) is 14.4 Å². The molecule has 0 aliphatic rings. The van der Waals surface area contributed by atoms with E-state index in [2.05, 4.69) is 45.1 Å². The minimum absolute atomic E-state index is 0.0717. The minimum Gasteiger partial charge on any atom is -0.462 e. The van der Waals surface area contributed by atoms with Crippen molar-refractivity contribution in [3.63, 3.8) is 0 Å². The Morgan fingerprint density at radius 1 is 0.308 bits per heavy atom. The molecule has 0 aliphatic heterocycles. The Morgan fingerprint density at radius 2 is 0.585 bits per heavy atom. The molecule has 6 heteroatoms. The molecule has 1 atom stereocenters. The van der Waals surface area contributed by atoms with Crippen LogP contribution in [0, 0.1) is 0 Å². The fourth-order valence-electron chi connectivity index (χ4n) is 8.60. The summed E-state index contributed by atoms with van der Waals surface area (Å²) in [4.78, 5) is 38.1. The van der Waals surface area contributed by atoms with Crippen molar-refractivity contribution in [2.75, 3.05) is 13.2 Å². The summed E-state index contributed by atoms with van der Waals surface area (Å²) in [6.45, 7) is 6.61. The molecule has 0 aromatic carbocycles. The average Bonchev–Trinajstić information content (AvgIpc) is 3.30. The van der Waals surface area contributed by atoms with Crippen molar-refractivity contribution >= 4 is 17.9 Å². The molecule has 65 heavy (non-hydrogen) atoms. The van der Waals surface area contributed by atoms with Gasteiger partial charge in [0.25, 0.3) is 0 Å². The molecular formula is C59H110O6. The van der Waals surface area contributed by atoms with Gasteiger partial charge in [-0.1, -0.05) is 276 Å². The highest BCUT2D eigenvalue weighted by Gasteiger charge is 2.19. The molecule has 0 fully saturated rings. The highest BCUT2D eigenvalue weighted by atomic mass is 16.6. The van der Waals surface area contributed by atoms with Crippen LogP contribution in [0.4, 0.5) is 0 Å². The highest BCUT2D eigenvalue weighted by Crippen LogP contribution is 2.17. The Kier molecular flexibility index (Phi) is 52.7. The molecule has 0 amide bonds. The Bertz CT molecular complexity index is 1050. The number of hydrogen-bond acceptors (Lipinski definition) is 6. The van der Waals surface area contributed by atoms with Crippen molar-refractivity contribution in [2.45, 2.75) is 322 Å². The van der Waals surface area contributed by atoms with Gasteiger partial charge in [-0.25, -0.2) is 0 Å². The van der Waals surface area contributed by atoms with Gasteiger partial charge in [0, 0.05) is 19.3 Å². The standard InChI is InChI=1S/C59H110O6/c1-4-7-10-13-16-19-22-25-26-27-28-29-30-31-32-35-37-40-43-46-49-52-58(61)64-55-56(65-59(62)53-50-47-44-41-38-34-24-21-18-15-12-9-6-3)54-63-57(60)51-48-45-42-39-36-33-23-20-17-14-11-8-5-2/h12,15,21,24,56H,4-11,13-14,16-20,22-23,25-55H2,1-3H3/b15-12-,24-21-. The molecule has 0 spiro atoms. The van der Waals surface area contributed by atoms with Crippen LogP contribution in [0.3, 0.4) is 0 Å². The number of unbranched alkanes of at least 4 members (excludes halogenated alkanes) is 38. The SMILES string of the molecule is CCC/C=C\C/C=C\CCCCCCCC(=O)OC(COC(=O)CCCCCCCCCCCCCCC)COC(=O)CCCCCCCCCCCCCCCCCCCCCCC. The third-order valence-corrected chi connectivity index (χ3v) is 12.9. The van der Waals surface area contributed by atoms with Crippen LogP contribution in [0.1, 0.15) is 316 Å². The summed E-state index contributed by atoms with van der Waals surface area (Å²) in [7, 11) is 0. The van der Waals surface area contributed by atoms with E-state index in [0.29, 0.717) is 19.3 Å². The van der Waals surface area contributed by atoms with Gasteiger partial charge in [-0.2, -0.15) is 0 Å². The molecule has 1 unspecified atom stereocenters. The van der Waals surface area contributed by atoms with E-state index in [1.165, 1.54) is 186 Å². The quantitative estimate of drug-likeness (QED) is 0.0262. The van der Waals surface area contributed by atoms with Crippen molar-refractivity contribution < 1.29 is 28.6 Å². The molecule has 0 N–H and O–H groups in total. The predicted molar refractivity (Wildman–Crippen MR) is 279 cm³/mol. The lowest BCUT2D eigenvalue weighted by Crippen LogP contribution is -2.30. The summed E-state index contributed by atoms with van der Waals surface area (Å²) in [6.07, 6.45) is 63.2. The van der Waals surface area contributed by atoms with Gasteiger partial charge in [0.2, 0.25) is 0 Å². The van der Waals surface area contributed by atoms with E-state index in [1.54, 1.807) is 0 Å². The maximum absolute atomic E-state index is 12.8. The smallest absolute Gasteiger partial charge is 0.306 e. The van der Waals surface area contributed by atoms with E-state index < -0.39 is 6.10 Å². The van der Waals surface area contributed by atoms with E-state index in [4.69, 9.17) is 14.2 Å². The molecule has 0 radical (unpaired) electrons. The van der Waals surface area contributed by atoms with Crippen LogP contribution in [0.15, 0.2) is 24.3 Å². The number of esters is 3. The summed E-state index contributed by atoms with van der Waals surface area (Å²) in [5, 5.41) is 0. The number of rotatable bonds is 53. The summed E-state index contributed by atoms with van der Waals surface area (Å²) >= 11 is 0. The lowest BCUT2D eigenvalue weighted by Gasteiger charge is -2.18. The van der Waals surface area contributed by atoms with E-state index in [0.717, 1.165) is 89.9 Å². The molecule has 0 heterocycles. The van der Waals surface area contributed by atoms with E-state index in [1.807, 2.05) is 0 Å². The first kappa shape index (κ1) is 62.9. The van der Waals surface area contributed by atoms with Crippen LogP contribution in [0.5, 0.6) is 0 Å². The third-order valence-electron chi connectivity index (χ3n) is 12.9. The first-order chi connectivity index (χ1) is 32.0. The zero-order valence-electron chi connectivity index (χ0n) is 43.8. The largest absolute Gasteiger partial charge is 0.462 e. The van der Waals surface area contributed by atoms with Crippen LogP contribution in [-0.2, 0) is 28.6 Å². The fraction of sp³-hybridized carbons (Fsp3) is 0.881. The van der Waals surface area contributed by atoms with Crippen LogP contribution in [0.2, 0.25) is 0 Å². The lowest BCUT2D eigenvalue weighted by atomic mass is 10.0. The zero-order valence-corrected chi connectivity index (χ0v) is 43.8. The van der Waals surface area contributed by atoms with Crippen molar-refractivity contribution in [3.05, 3.63) is 24.3 Å². The molecule has 0 aromatic heterocycles. The van der Waals surface area contributed by atoms with E-state index >= 15 is 0 Å². The van der Waals surface area contributed by atoms with E-state index in [-0.39, 0.29) is 31.1 Å². The highest BCUT2D eigenvalue weighted by molar-refractivity contribution is 5.71. The second-order valence-corrected chi connectivity index (χ2v) is 19.6. The van der Waals surface area contributed by atoms with Crippen LogP contribution < -0.4 is 0 Å². The Labute approximate surface area is 404 Å². The normalized spacial score (nSPS) is 12.1. The van der Waals surface area contributed by atoms with Crippen molar-refractivity contribution in [1.82, 2.24) is 0 Å². The fourth-order valence-corrected chi connectivity index (χ4v) is 8.60. The monoisotopic (exact) mass is 915 g/mol. The average molecular weight is 916 g/mol. The van der Waals surface area contributed by atoms with Crippen molar-refractivity contribution in [3.8, 4) is 0 Å². The Balaban J connectivity index is 4.25. The Morgan fingerprint density at radius 3 is 0.908 bits per heavy atom. The zero-order chi connectivity index (χ0) is 47.2. The van der Waals surface area contributed by atoms with Crippen LogP contribution in [0.25, 0.3) is 0 Å². The predicted octanol–water partition coefficient (Wildman–Crippen LogP) is 19.1. The van der Waals surface area contributed by atoms with Crippen LogP contribution >= 0.6 is 0 Å². The number of ether oxygens (including phenoxy) is 3. The number of allylic oxidation sites excluding steroid dienone is 4. The molecule has 0 saturated heterocycles. The summed E-state index contributed by atoms with van der Waals surface area (Å²) in [5.41, 5.74) is 0. The van der Waals surface area contributed by atoms with Gasteiger partial charge in [-0.3, -0.25) is 14.4 Å². The Hall–Kier alpha value is -2.11. The first-order valence-electron chi connectivity index (χ1n) is 28.8. The van der Waals surface area contributed by atoms with Gasteiger partial charge in [0.1, 0.15) is 13.2 Å².